The van der Waals surface area contributed by atoms with Gasteiger partial charge in [-0.1, -0.05) is 0 Å². The van der Waals surface area contributed by atoms with Crippen molar-refractivity contribution in [2.75, 3.05) is 19.6 Å². The number of aromatic nitrogens is 2. The van der Waals surface area contributed by atoms with Crippen molar-refractivity contribution in [3.63, 3.8) is 0 Å². The molecule has 182 valence electrons. The molecule has 33 heavy (non-hydrogen) atoms. The number of aryl methyl sites for hydroxylation is 1. The van der Waals surface area contributed by atoms with Gasteiger partial charge in [0.05, 0.1) is 10.8 Å². The molecule has 1 amide bonds. The Bertz CT molecular complexity index is 1090. The van der Waals surface area contributed by atoms with Gasteiger partial charge in [-0.05, 0) is 37.1 Å². The maximum Gasteiger partial charge on any atom is 0.424 e. The predicted molar refractivity (Wildman–Crippen MR) is 109 cm³/mol. The summed E-state index contributed by atoms with van der Waals surface area (Å²) in [6.45, 7) is -0.492. The van der Waals surface area contributed by atoms with Gasteiger partial charge in [-0.25, -0.2) is 17.8 Å². The topological polar surface area (TPSA) is 105 Å². The number of carbonyl (C=O) groups is 1. The van der Waals surface area contributed by atoms with Crippen molar-refractivity contribution < 1.29 is 35.9 Å². The summed E-state index contributed by atoms with van der Waals surface area (Å²) in [6.07, 6.45) is -2.77. The van der Waals surface area contributed by atoms with Crippen molar-refractivity contribution in [1.82, 2.24) is 19.2 Å². The number of carbonyl (C=O) groups excluding carboxylic acids is 1. The van der Waals surface area contributed by atoms with Crippen molar-refractivity contribution >= 4 is 15.9 Å². The second-order valence-corrected chi connectivity index (χ2v) is 9.85. The molecular formula is C20H24F4N4O4S. The molecule has 1 aliphatic rings. The lowest BCUT2D eigenvalue weighted by Gasteiger charge is -2.32. The monoisotopic (exact) mass is 492 g/mol. The van der Waals surface area contributed by atoms with Gasteiger partial charge < -0.3 is 15.0 Å². The Morgan fingerprint density at radius 3 is 2.52 bits per heavy atom. The molecule has 3 rings (SSSR count). The Balaban J connectivity index is 1.64. The van der Waals surface area contributed by atoms with Crippen LogP contribution in [0.2, 0.25) is 0 Å². The van der Waals surface area contributed by atoms with E-state index in [9.17, 15) is 35.9 Å². The first-order chi connectivity index (χ1) is 15.4. The van der Waals surface area contributed by atoms with Crippen molar-refractivity contribution in [2.45, 2.75) is 35.9 Å². The number of nitrogens with zero attached hydrogens (tertiary/aromatic N) is 3. The predicted octanol–water partition coefficient (Wildman–Crippen LogP) is 1.92. The highest BCUT2D eigenvalue weighted by molar-refractivity contribution is 7.89. The SMILES string of the molecule is Cn1ccnc1[C@@](O)(CCNC(=O)[C@H]1CCCN(S(=O)(=O)c2ccc(F)cc2)C1)C(F)(F)F. The van der Waals surface area contributed by atoms with Crippen LogP contribution in [0.25, 0.3) is 0 Å². The molecule has 0 bridgehead atoms. The minimum Gasteiger partial charge on any atom is -0.374 e. The Morgan fingerprint density at radius 2 is 1.94 bits per heavy atom. The van der Waals surface area contributed by atoms with E-state index in [1.54, 1.807) is 0 Å². The number of hydrogen-bond donors (Lipinski definition) is 2. The van der Waals surface area contributed by atoms with Crippen LogP contribution in [0.5, 0.6) is 0 Å². The molecule has 0 radical (unpaired) electrons. The number of halogens is 4. The summed E-state index contributed by atoms with van der Waals surface area (Å²) in [5.41, 5.74) is -3.26. The summed E-state index contributed by atoms with van der Waals surface area (Å²) in [5, 5.41) is 12.7. The smallest absolute Gasteiger partial charge is 0.374 e. The maximum atomic E-state index is 13.6. The van der Waals surface area contributed by atoms with E-state index in [1.165, 1.54) is 13.2 Å². The zero-order valence-corrected chi connectivity index (χ0v) is 18.5. The normalized spacial score (nSPS) is 19.8. The molecule has 2 heterocycles. The molecule has 1 aliphatic heterocycles. The van der Waals surface area contributed by atoms with Gasteiger partial charge in [-0.2, -0.15) is 17.5 Å². The fourth-order valence-electron chi connectivity index (χ4n) is 3.79. The lowest BCUT2D eigenvalue weighted by atomic mass is 9.96. The van der Waals surface area contributed by atoms with Crippen LogP contribution in [-0.4, -0.2) is 59.1 Å². The number of rotatable bonds is 7. The summed E-state index contributed by atoms with van der Waals surface area (Å²) in [6, 6.07) is 4.29. The van der Waals surface area contributed by atoms with Crippen molar-refractivity contribution in [3.8, 4) is 0 Å². The quantitative estimate of drug-likeness (QED) is 0.575. The number of imidazole rings is 1. The van der Waals surface area contributed by atoms with Gasteiger partial charge in [-0.15, -0.1) is 0 Å². The van der Waals surface area contributed by atoms with E-state index in [1.807, 2.05) is 0 Å². The van der Waals surface area contributed by atoms with E-state index in [2.05, 4.69) is 10.3 Å². The summed E-state index contributed by atoms with van der Waals surface area (Å²) < 4.78 is 81.6. The number of hydrogen-bond acceptors (Lipinski definition) is 5. The average Bonchev–Trinajstić information content (AvgIpc) is 3.19. The summed E-state index contributed by atoms with van der Waals surface area (Å²) in [7, 11) is -2.64. The van der Waals surface area contributed by atoms with Crippen molar-refractivity contribution in [2.24, 2.45) is 13.0 Å². The molecule has 2 atom stereocenters. The molecule has 1 aromatic heterocycles. The number of piperidine rings is 1. The first kappa shape index (κ1) is 25.1. The number of alkyl halides is 3. The van der Waals surface area contributed by atoms with E-state index in [4.69, 9.17) is 0 Å². The van der Waals surface area contributed by atoms with Gasteiger partial charge >= 0.3 is 6.18 Å². The molecule has 1 fully saturated rings. The number of benzene rings is 1. The first-order valence-corrected chi connectivity index (χ1v) is 11.6. The summed E-state index contributed by atoms with van der Waals surface area (Å²) in [4.78, 5) is 16.1. The molecule has 0 spiro atoms. The Hall–Kier alpha value is -2.51. The van der Waals surface area contributed by atoms with Crippen LogP contribution in [0.4, 0.5) is 17.6 Å². The summed E-state index contributed by atoms with van der Waals surface area (Å²) in [5.74, 6) is -2.58. The van der Waals surface area contributed by atoms with Gasteiger partial charge in [0, 0.05) is 45.5 Å². The zero-order valence-electron chi connectivity index (χ0n) is 17.7. The van der Waals surface area contributed by atoms with E-state index < -0.39 is 58.2 Å². The number of aliphatic hydroxyl groups is 1. The minimum absolute atomic E-state index is 0.115. The van der Waals surface area contributed by atoms with Crippen molar-refractivity contribution in [3.05, 3.63) is 48.3 Å². The molecular weight excluding hydrogens is 468 g/mol. The molecule has 0 saturated carbocycles. The van der Waals surface area contributed by atoms with Crippen LogP contribution in [0.15, 0.2) is 41.6 Å². The highest BCUT2D eigenvalue weighted by Gasteiger charge is 2.57. The third-order valence-electron chi connectivity index (χ3n) is 5.65. The number of amides is 1. The standard InChI is InChI=1S/C20H24F4N4O4S/c1-27-12-10-26-18(27)19(30,20(22,23)24)8-9-25-17(29)14-3-2-11-28(13-14)33(31,32)16-6-4-15(21)5-7-16/h4-7,10,12,14,30H,2-3,8-9,11,13H2,1H3,(H,25,29)/t14-,19-/m0/s1. The second kappa shape index (κ2) is 9.39. The lowest BCUT2D eigenvalue weighted by Crippen LogP contribution is -2.48. The molecule has 0 unspecified atom stereocenters. The van der Waals surface area contributed by atoms with Gasteiger partial charge in [0.2, 0.25) is 21.5 Å². The highest BCUT2D eigenvalue weighted by Crippen LogP contribution is 2.40. The second-order valence-electron chi connectivity index (χ2n) is 7.92. The third kappa shape index (κ3) is 5.20. The van der Waals surface area contributed by atoms with Gasteiger partial charge in [0.25, 0.3) is 0 Å². The molecule has 0 aliphatic carbocycles. The van der Waals surface area contributed by atoms with Crippen LogP contribution in [0.3, 0.4) is 0 Å². The van der Waals surface area contributed by atoms with Crippen molar-refractivity contribution in [1.29, 1.82) is 0 Å². The molecule has 2 aromatic rings. The van der Waals surface area contributed by atoms with Crippen LogP contribution in [0, 0.1) is 11.7 Å². The fourth-order valence-corrected chi connectivity index (χ4v) is 5.31. The van der Waals surface area contributed by atoms with E-state index >= 15 is 0 Å². The maximum absolute atomic E-state index is 13.6. The van der Waals surface area contributed by atoms with E-state index in [0.717, 1.165) is 39.3 Å². The third-order valence-corrected chi connectivity index (χ3v) is 7.53. The highest BCUT2D eigenvalue weighted by atomic mass is 32.2. The fraction of sp³-hybridized carbons (Fsp3) is 0.500. The Labute approximate surface area is 188 Å². The van der Waals surface area contributed by atoms with E-state index in [-0.39, 0.29) is 18.0 Å². The molecule has 13 heteroatoms. The Kier molecular flexibility index (Phi) is 7.15. The van der Waals surface area contributed by atoms with E-state index in [0.29, 0.717) is 12.8 Å². The van der Waals surface area contributed by atoms with Crippen LogP contribution in [-0.2, 0) is 27.5 Å². The van der Waals surface area contributed by atoms with Gasteiger partial charge in [0.15, 0.2) is 0 Å². The average molecular weight is 492 g/mol. The molecule has 2 N–H and O–H groups in total. The van der Waals surface area contributed by atoms with Crippen LogP contribution < -0.4 is 5.32 Å². The first-order valence-electron chi connectivity index (χ1n) is 10.2. The largest absolute Gasteiger partial charge is 0.424 e. The minimum atomic E-state index is -5.03. The molecule has 8 nitrogen and oxygen atoms in total. The molecule has 1 aromatic carbocycles. The lowest BCUT2D eigenvalue weighted by molar-refractivity contribution is -0.272. The van der Waals surface area contributed by atoms with Crippen LogP contribution in [0.1, 0.15) is 25.1 Å². The Morgan fingerprint density at radius 1 is 1.27 bits per heavy atom. The zero-order chi connectivity index (χ0) is 24.4. The summed E-state index contributed by atoms with van der Waals surface area (Å²) >= 11 is 0. The molecule has 1 saturated heterocycles. The van der Waals surface area contributed by atoms with Gasteiger partial charge in [0.1, 0.15) is 11.6 Å². The number of sulfonamides is 1. The van der Waals surface area contributed by atoms with Crippen LogP contribution >= 0.6 is 0 Å². The van der Waals surface area contributed by atoms with Gasteiger partial charge in [-0.3, -0.25) is 4.79 Å². The number of nitrogens with one attached hydrogen (secondary N) is 1.